The van der Waals surface area contributed by atoms with Crippen LogP contribution < -0.4 is 5.32 Å². The van der Waals surface area contributed by atoms with E-state index in [1.807, 2.05) is 14.0 Å². The van der Waals surface area contributed by atoms with Crippen LogP contribution in [0.2, 0.25) is 0 Å². The van der Waals surface area contributed by atoms with Gasteiger partial charge in [-0.2, -0.15) is 0 Å². The van der Waals surface area contributed by atoms with Gasteiger partial charge in [-0.05, 0) is 32.4 Å². The molecule has 5 heteroatoms. The van der Waals surface area contributed by atoms with Crippen molar-refractivity contribution in [3.8, 4) is 0 Å². The van der Waals surface area contributed by atoms with Gasteiger partial charge in [-0.1, -0.05) is 0 Å². The van der Waals surface area contributed by atoms with E-state index in [9.17, 15) is 4.79 Å². The van der Waals surface area contributed by atoms with Crippen LogP contribution in [0.1, 0.15) is 19.8 Å². The number of ether oxygens (including phenoxy) is 1. The lowest BCUT2D eigenvalue weighted by atomic mass is 10.0. The molecule has 1 fully saturated rings. The quantitative estimate of drug-likeness (QED) is 0.789. The van der Waals surface area contributed by atoms with Gasteiger partial charge >= 0.3 is 0 Å². The zero-order valence-electron chi connectivity index (χ0n) is 10.4. The largest absolute Gasteiger partial charge is 0.383 e. The number of methoxy groups -OCH3 is 1. The van der Waals surface area contributed by atoms with Crippen LogP contribution in [0.4, 0.5) is 0 Å². The molecule has 0 spiro atoms. The van der Waals surface area contributed by atoms with E-state index < -0.39 is 0 Å². The van der Waals surface area contributed by atoms with Gasteiger partial charge in [-0.25, -0.2) is 0 Å². The first-order valence-electron chi connectivity index (χ1n) is 5.60. The molecule has 1 heterocycles. The minimum Gasteiger partial charge on any atom is -0.383 e. The van der Waals surface area contributed by atoms with Crippen LogP contribution in [0.5, 0.6) is 0 Å². The summed E-state index contributed by atoms with van der Waals surface area (Å²) in [5.74, 6) is 0.753. The summed E-state index contributed by atoms with van der Waals surface area (Å²) in [4.78, 5) is 13.7. The van der Waals surface area contributed by atoms with Crippen LogP contribution in [0.15, 0.2) is 0 Å². The SMILES string of the molecule is COCC(C)N(C)C(=O)CC1CCNC1.Cl. The van der Waals surface area contributed by atoms with Crippen LogP contribution in [0.25, 0.3) is 0 Å². The number of hydrogen-bond acceptors (Lipinski definition) is 3. The summed E-state index contributed by atoms with van der Waals surface area (Å²) in [5.41, 5.74) is 0. The molecule has 1 aliphatic heterocycles. The molecular weight excluding hydrogens is 228 g/mol. The molecule has 0 aromatic heterocycles. The molecule has 16 heavy (non-hydrogen) atoms. The molecule has 1 saturated heterocycles. The van der Waals surface area contributed by atoms with Gasteiger partial charge in [-0.3, -0.25) is 4.79 Å². The molecule has 0 saturated carbocycles. The average Bonchev–Trinajstić information content (AvgIpc) is 2.69. The van der Waals surface area contributed by atoms with Gasteiger partial charge < -0.3 is 15.0 Å². The molecule has 1 N–H and O–H groups in total. The smallest absolute Gasteiger partial charge is 0.222 e. The van der Waals surface area contributed by atoms with Gasteiger partial charge in [0.1, 0.15) is 0 Å². The van der Waals surface area contributed by atoms with Crippen LogP contribution >= 0.6 is 12.4 Å². The summed E-state index contributed by atoms with van der Waals surface area (Å²) < 4.78 is 5.04. The maximum Gasteiger partial charge on any atom is 0.222 e. The Morgan fingerprint density at radius 3 is 2.81 bits per heavy atom. The van der Waals surface area contributed by atoms with E-state index in [4.69, 9.17) is 4.74 Å². The Kier molecular flexibility index (Phi) is 7.72. The van der Waals surface area contributed by atoms with Crippen molar-refractivity contribution in [1.82, 2.24) is 10.2 Å². The van der Waals surface area contributed by atoms with Crippen molar-refractivity contribution in [3.05, 3.63) is 0 Å². The second-order valence-electron chi connectivity index (χ2n) is 4.37. The number of nitrogens with zero attached hydrogens (tertiary/aromatic N) is 1. The summed E-state index contributed by atoms with van der Waals surface area (Å²) in [6.07, 6.45) is 1.79. The predicted molar refractivity (Wildman–Crippen MR) is 66.9 cm³/mol. The first kappa shape index (κ1) is 15.7. The molecule has 1 aliphatic rings. The highest BCUT2D eigenvalue weighted by Crippen LogP contribution is 2.14. The van der Waals surface area contributed by atoms with E-state index in [1.54, 1.807) is 12.0 Å². The zero-order valence-corrected chi connectivity index (χ0v) is 11.2. The van der Waals surface area contributed by atoms with Crippen molar-refractivity contribution in [2.75, 3.05) is 33.9 Å². The fraction of sp³-hybridized carbons (Fsp3) is 0.909. The number of rotatable bonds is 5. The summed E-state index contributed by atoms with van der Waals surface area (Å²) >= 11 is 0. The van der Waals surface area contributed by atoms with Gasteiger partial charge in [0.15, 0.2) is 0 Å². The minimum atomic E-state index is 0. The van der Waals surface area contributed by atoms with E-state index in [2.05, 4.69) is 5.32 Å². The van der Waals surface area contributed by atoms with Crippen molar-refractivity contribution in [2.24, 2.45) is 5.92 Å². The van der Waals surface area contributed by atoms with Crippen LogP contribution in [-0.4, -0.2) is 50.7 Å². The van der Waals surface area contributed by atoms with Gasteiger partial charge in [-0.15, -0.1) is 12.4 Å². The minimum absolute atomic E-state index is 0. The van der Waals surface area contributed by atoms with E-state index in [1.165, 1.54) is 0 Å². The predicted octanol–water partition coefficient (Wildman–Crippen LogP) is 0.901. The number of halogens is 1. The molecule has 96 valence electrons. The second-order valence-corrected chi connectivity index (χ2v) is 4.37. The molecule has 0 bridgehead atoms. The molecule has 0 aliphatic carbocycles. The third-order valence-corrected chi connectivity index (χ3v) is 3.09. The second kappa shape index (κ2) is 7.87. The molecule has 2 atom stereocenters. The fourth-order valence-electron chi connectivity index (χ4n) is 1.88. The normalized spacial score (nSPS) is 21.3. The monoisotopic (exact) mass is 250 g/mol. The van der Waals surface area contributed by atoms with Gasteiger partial charge in [0.2, 0.25) is 5.91 Å². The Bertz CT molecular complexity index is 208. The van der Waals surface area contributed by atoms with Crippen LogP contribution in [0, 0.1) is 5.92 Å². The lowest BCUT2D eigenvalue weighted by Crippen LogP contribution is -2.38. The Morgan fingerprint density at radius 2 is 2.31 bits per heavy atom. The number of hydrogen-bond donors (Lipinski definition) is 1. The van der Waals surface area contributed by atoms with E-state index in [0.717, 1.165) is 19.5 Å². The number of carbonyl (C=O) groups excluding carboxylic acids is 1. The number of amides is 1. The van der Waals surface area contributed by atoms with Crippen molar-refractivity contribution < 1.29 is 9.53 Å². The standard InChI is InChI=1S/C11H22N2O2.ClH/c1-9(8-15-3)13(2)11(14)6-10-4-5-12-7-10;/h9-10,12H,4-8H2,1-3H3;1H. The molecule has 2 unspecified atom stereocenters. The third-order valence-electron chi connectivity index (χ3n) is 3.09. The number of carbonyl (C=O) groups is 1. The summed E-state index contributed by atoms with van der Waals surface area (Å²) in [6.45, 7) is 4.65. The summed E-state index contributed by atoms with van der Waals surface area (Å²) in [5, 5.41) is 3.28. The Labute approximate surface area is 104 Å². The van der Waals surface area contributed by atoms with Crippen molar-refractivity contribution in [1.29, 1.82) is 0 Å². The van der Waals surface area contributed by atoms with E-state index in [0.29, 0.717) is 18.9 Å². The summed E-state index contributed by atoms with van der Waals surface area (Å²) in [7, 11) is 3.52. The molecule has 4 nitrogen and oxygen atoms in total. The molecule has 0 aromatic rings. The topological polar surface area (TPSA) is 41.6 Å². The van der Waals surface area contributed by atoms with Crippen LogP contribution in [-0.2, 0) is 9.53 Å². The zero-order chi connectivity index (χ0) is 11.3. The van der Waals surface area contributed by atoms with E-state index >= 15 is 0 Å². The first-order chi connectivity index (χ1) is 7.15. The Balaban J connectivity index is 0.00000225. The van der Waals surface area contributed by atoms with Gasteiger partial charge in [0, 0.05) is 20.6 Å². The highest BCUT2D eigenvalue weighted by molar-refractivity contribution is 5.85. The fourth-order valence-corrected chi connectivity index (χ4v) is 1.88. The number of nitrogens with one attached hydrogen (secondary N) is 1. The van der Waals surface area contributed by atoms with Crippen molar-refractivity contribution >= 4 is 18.3 Å². The maximum atomic E-state index is 11.9. The Morgan fingerprint density at radius 1 is 1.62 bits per heavy atom. The van der Waals surface area contributed by atoms with E-state index in [-0.39, 0.29) is 24.4 Å². The van der Waals surface area contributed by atoms with Crippen molar-refractivity contribution in [3.63, 3.8) is 0 Å². The van der Waals surface area contributed by atoms with Crippen LogP contribution in [0.3, 0.4) is 0 Å². The highest BCUT2D eigenvalue weighted by atomic mass is 35.5. The highest BCUT2D eigenvalue weighted by Gasteiger charge is 2.22. The van der Waals surface area contributed by atoms with Crippen molar-refractivity contribution in [2.45, 2.75) is 25.8 Å². The molecule has 0 aromatic carbocycles. The molecule has 1 rings (SSSR count). The lowest BCUT2D eigenvalue weighted by molar-refractivity contribution is -0.133. The summed E-state index contributed by atoms with van der Waals surface area (Å²) in [6, 6.07) is 0.164. The maximum absolute atomic E-state index is 11.9. The average molecular weight is 251 g/mol. The third kappa shape index (κ3) is 4.68. The molecule has 0 radical (unpaired) electrons. The Hall–Kier alpha value is -0.320. The molecule has 1 amide bonds. The first-order valence-corrected chi connectivity index (χ1v) is 5.60. The van der Waals surface area contributed by atoms with Gasteiger partial charge in [0.25, 0.3) is 0 Å². The number of likely N-dealkylation sites (N-methyl/N-ethyl adjacent to an activating group) is 1. The van der Waals surface area contributed by atoms with Gasteiger partial charge in [0.05, 0.1) is 12.6 Å². The molecular formula is C11H23ClN2O2. The lowest BCUT2D eigenvalue weighted by Gasteiger charge is -2.25.